The molecular weight excluding hydrogens is 245 g/mol. The molecule has 2 saturated heterocycles. The van der Waals surface area contributed by atoms with Gasteiger partial charge in [0.2, 0.25) is 0 Å². The van der Waals surface area contributed by atoms with Crippen molar-refractivity contribution in [1.29, 1.82) is 0 Å². The first-order valence-electron chi connectivity index (χ1n) is 7.81. The molecular formula is C17H26BNO. The van der Waals surface area contributed by atoms with Crippen LogP contribution >= 0.6 is 0 Å². The maximum absolute atomic E-state index is 9.38. The minimum Gasteiger partial charge on any atom is -0.389 e. The van der Waals surface area contributed by atoms with Crippen molar-refractivity contribution in [2.24, 2.45) is 10.8 Å². The zero-order chi connectivity index (χ0) is 14.5. The molecule has 3 rings (SSSR count). The summed E-state index contributed by atoms with van der Waals surface area (Å²) in [5.41, 5.74) is 3.56. The Labute approximate surface area is 123 Å². The fraction of sp³-hybridized carbons (Fsp3) is 0.647. The Hall–Kier alpha value is -0.955. The van der Waals surface area contributed by atoms with E-state index >= 15 is 0 Å². The van der Waals surface area contributed by atoms with Crippen molar-refractivity contribution in [1.82, 2.24) is 0 Å². The van der Waals surface area contributed by atoms with E-state index in [1.54, 1.807) is 0 Å². The zero-order valence-corrected chi connectivity index (χ0v) is 13.2. The van der Waals surface area contributed by atoms with Crippen molar-refractivity contribution in [2.45, 2.75) is 46.4 Å². The Kier molecular flexibility index (Phi) is 3.17. The Morgan fingerprint density at radius 1 is 1.00 bits per heavy atom. The minimum absolute atomic E-state index is 0.133. The lowest BCUT2D eigenvalue weighted by molar-refractivity contribution is 0.142. The van der Waals surface area contributed by atoms with Gasteiger partial charge in [-0.25, -0.2) is 0 Å². The average Bonchev–Trinajstić information content (AvgIpc) is 2.55. The van der Waals surface area contributed by atoms with Crippen LogP contribution in [0.2, 0.25) is 12.6 Å². The summed E-state index contributed by atoms with van der Waals surface area (Å²) in [7, 11) is 0. The summed E-state index contributed by atoms with van der Waals surface area (Å²) in [5.74, 6) is 0. The van der Waals surface area contributed by atoms with Crippen LogP contribution in [0.15, 0.2) is 24.3 Å². The predicted octanol–water partition coefficient (Wildman–Crippen LogP) is 2.64. The summed E-state index contributed by atoms with van der Waals surface area (Å²) in [4.78, 5) is 2.23. The molecule has 0 atom stereocenters. The van der Waals surface area contributed by atoms with Crippen LogP contribution in [-0.2, 0) is 0 Å². The molecule has 2 nitrogen and oxygen atoms in total. The Balaban J connectivity index is 1.73. The smallest absolute Gasteiger partial charge is 0.176 e. The van der Waals surface area contributed by atoms with E-state index in [-0.39, 0.29) is 6.10 Å². The topological polar surface area (TPSA) is 23.5 Å². The zero-order valence-electron chi connectivity index (χ0n) is 13.2. The standard InChI is InChI=1S/C17H26BNO/c1-16(2)11-18(12-17(16,3)4)13-5-7-14(8-6-13)19-9-15(20)10-19/h5-8,15,20H,9-12H2,1-4H3. The molecule has 2 fully saturated rings. The molecule has 2 aliphatic heterocycles. The highest BCUT2D eigenvalue weighted by Crippen LogP contribution is 2.52. The van der Waals surface area contributed by atoms with Gasteiger partial charge in [-0.2, -0.15) is 0 Å². The van der Waals surface area contributed by atoms with E-state index in [9.17, 15) is 5.11 Å². The lowest BCUT2D eigenvalue weighted by atomic mass is 9.42. The highest BCUT2D eigenvalue weighted by molar-refractivity contribution is 6.74. The lowest BCUT2D eigenvalue weighted by Crippen LogP contribution is -2.50. The van der Waals surface area contributed by atoms with Gasteiger partial charge in [0.05, 0.1) is 6.10 Å². The number of β-amino-alcohol motifs (C(OH)–C–C–N with tert-alkyl or cyclic N) is 1. The van der Waals surface area contributed by atoms with E-state index in [4.69, 9.17) is 0 Å². The molecule has 1 aromatic rings. The van der Waals surface area contributed by atoms with Crippen LogP contribution in [0.1, 0.15) is 27.7 Å². The Morgan fingerprint density at radius 2 is 1.50 bits per heavy atom. The SMILES string of the molecule is CC1(C)CB(c2ccc(N3CC(O)C3)cc2)CC1(C)C. The fourth-order valence-corrected chi connectivity index (χ4v) is 3.72. The molecule has 2 heterocycles. The lowest BCUT2D eigenvalue weighted by Gasteiger charge is -2.38. The highest BCUT2D eigenvalue weighted by Gasteiger charge is 2.47. The van der Waals surface area contributed by atoms with Crippen molar-refractivity contribution in [3.63, 3.8) is 0 Å². The summed E-state index contributed by atoms with van der Waals surface area (Å²) in [5, 5.41) is 9.38. The third-order valence-electron chi connectivity index (χ3n) is 5.94. The summed E-state index contributed by atoms with van der Waals surface area (Å²) < 4.78 is 0. The van der Waals surface area contributed by atoms with Crippen LogP contribution in [-0.4, -0.2) is 31.0 Å². The van der Waals surface area contributed by atoms with Gasteiger partial charge in [0.25, 0.3) is 0 Å². The van der Waals surface area contributed by atoms with E-state index in [2.05, 4.69) is 56.9 Å². The van der Waals surface area contributed by atoms with Crippen LogP contribution < -0.4 is 10.4 Å². The number of nitrogens with zero attached hydrogens (tertiary/aromatic N) is 1. The van der Waals surface area contributed by atoms with E-state index in [1.165, 1.54) is 23.8 Å². The van der Waals surface area contributed by atoms with Gasteiger partial charge in [0, 0.05) is 18.8 Å². The van der Waals surface area contributed by atoms with Gasteiger partial charge in [-0.1, -0.05) is 57.9 Å². The highest BCUT2D eigenvalue weighted by atomic mass is 16.3. The van der Waals surface area contributed by atoms with Crippen molar-refractivity contribution in [3.8, 4) is 0 Å². The molecule has 2 aliphatic rings. The number of aliphatic hydroxyl groups excluding tert-OH is 1. The summed E-state index contributed by atoms with van der Waals surface area (Å²) in [6.07, 6.45) is 2.43. The predicted molar refractivity (Wildman–Crippen MR) is 87.2 cm³/mol. The van der Waals surface area contributed by atoms with Gasteiger partial charge < -0.3 is 10.0 Å². The van der Waals surface area contributed by atoms with Gasteiger partial charge >= 0.3 is 0 Å². The maximum atomic E-state index is 9.38. The van der Waals surface area contributed by atoms with Crippen molar-refractivity contribution in [2.75, 3.05) is 18.0 Å². The first kappa shape index (κ1) is 14.0. The average molecular weight is 271 g/mol. The van der Waals surface area contributed by atoms with Gasteiger partial charge in [-0.15, -0.1) is 0 Å². The van der Waals surface area contributed by atoms with Crippen molar-refractivity contribution in [3.05, 3.63) is 24.3 Å². The third-order valence-corrected chi connectivity index (χ3v) is 5.94. The maximum Gasteiger partial charge on any atom is 0.176 e. The van der Waals surface area contributed by atoms with Gasteiger partial charge in [-0.3, -0.25) is 0 Å². The van der Waals surface area contributed by atoms with Crippen LogP contribution in [0, 0.1) is 10.8 Å². The van der Waals surface area contributed by atoms with E-state index in [0.717, 1.165) is 13.1 Å². The summed E-state index contributed by atoms with van der Waals surface area (Å²) >= 11 is 0. The Bertz CT molecular complexity index is 472. The van der Waals surface area contributed by atoms with Crippen molar-refractivity contribution < 1.29 is 5.11 Å². The van der Waals surface area contributed by atoms with Gasteiger partial charge in [0.1, 0.15) is 0 Å². The third kappa shape index (κ3) is 2.26. The second kappa shape index (κ2) is 4.52. The number of anilines is 1. The second-order valence-corrected chi connectivity index (χ2v) is 8.02. The molecule has 0 saturated carbocycles. The molecule has 3 heteroatoms. The van der Waals surface area contributed by atoms with E-state index in [1.807, 2.05) is 0 Å². The van der Waals surface area contributed by atoms with E-state index < -0.39 is 0 Å². The largest absolute Gasteiger partial charge is 0.389 e. The quantitative estimate of drug-likeness (QED) is 0.836. The molecule has 1 aromatic carbocycles. The molecule has 1 N–H and O–H groups in total. The van der Waals surface area contributed by atoms with Gasteiger partial charge in [0.15, 0.2) is 6.71 Å². The number of benzene rings is 1. The first-order chi connectivity index (χ1) is 9.28. The van der Waals surface area contributed by atoms with Crippen molar-refractivity contribution >= 4 is 17.9 Å². The van der Waals surface area contributed by atoms with E-state index in [0.29, 0.717) is 17.5 Å². The number of hydrogen-bond acceptors (Lipinski definition) is 2. The van der Waals surface area contributed by atoms with Crippen LogP contribution in [0.25, 0.3) is 0 Å². The minimum atomic E-state index is -0.133. The Morgan fingerprint density at radius 3 is 1.95 bits per heavy atom. The molecule has 20 heavy (non-hydrogen) atoms. The molecule has 0 spiro atoms. The number of aliphatic hydroxyl groups is 1. The molecule has 0 aromatic heterocycles. The molecule has 0 bridgehead atoms. The summed E-state index contributed by atoms with van der Waals surface area (Å²) in [6, 6.07) is 9.03. The number of hydrogen-bond donors (Lipinski definition) is 1. The fourth-order valence-electron chi connectivity index (χ4n) is 3.72. The normalized spacial score (nSPS) is 24.9. The van der Waals surface area contributed by atoms with Crippen LogP contribution in [0.4, 0.5) is 5.69 Å². The number of rotatable bonds is 2. The molecule has 108 valence electrons. The monoisotopic (exact) mass is 271 g/mol. The van der Waals surface area contributed by atoms with Crippen LogP contribution in [0.5, 0.6) is 0 Å². The second-order valence-electron chi connectivity index (χ2n) is 8.02. The first-order valence-corrected chi connectivity index (χ1v) is 7.81. The molecule has 0 radical (unpaired) electrons. The summed E-state index contributed by atoms with van der Waals surface area (Å²) in [6.45, 7) is 11.9. The molecule has 0 amide bonds. The molecule has 0 aliphatic carbocycles. The van der Waals surface area contributed by atoms with Crippen LogP contribution in [0.3, 0.4) is 0 Å². The molecule has 0 unspecified atom stereocenters. The van der Waals surface area contributed by atoms with Gasteiger partial charge in [-0.05, 0) is 23.0 Å².